The van der Waals surface area contributed by atoms with Crippen LogP contribution in [0.15, 0.2) is 46.9 Å². The van der Waals surface area contributed by atoms with E-state index in [1.54, 1.807) is 42.5 Å². The van der Waals surface area contributed by atoms with Gasteiger partial charge >= 0.3 is 0 Å². The maximum absolute atomic E-state index is 12.5. The minimum absolute atomic E-state index is 0.0721. The summed E-state index contributed by atoms with van der Waals surface area (Å²) in [4.78, 5) is 12.5. The fourth-order valence-electron chi connectivity index (χ4n) is 1.94. The molecular formula is C16H11BrCl5N3OS. The Morgan fingerprint density at radius 3 is 2.37 bits per heavy atom. The van der Waals surface area contributed by atoms with E-state index < -0.39 is 15.9 Å². The van der Waals surface area contributed by atoms with Gasteiger partial charge in [0.1, 0.15) is 6.17 Å². The molecule has 2 aromatic carbocycles. The second-order valence-electron chi connectivity index (χ2n) is 5.15. The monoisotopic (exact) mass is 547 g/mol. The summed E-state index contributed by atoms with van der Waals surface area (Å²) in [6.07, 6.45) is -1.12. The van der Waals surface area contributed by atoms with Crippen LogP contribution >= 0.6 is 86.2 Å². The molecule has 0 saturated heterocycles. The van der Waals surface area contributed by atoms with E-state index >= 15 is 0 Å². The first-order valence-corrected chi connectivity index (χ1v) is 10.3. The largest absolute Gasteiger partial charge is 0.339 e. The molecule has 0 fully saturated rings. The Morgan fingerprint density at radius 1 is 1.07 bits per heavy atom. The van der Waals surface area contributed by atoms with Gasteiger partial charge in [-0.2, -0.15) is 0 Å². The molecule has 0 aromatic heterocycles. The van der Waals surface area contributed by atoms with Crippen molar-refractivity contribution in [2.75, 3.05) is 5.32 Å². The summed E-state index contributed by atoms with van der Waals surface area (Å²) in [5.74, 6) is -0.463. The number of hydrogen-bond donors (Lipinski definition) is 3. The smallest absolute Gasteiger partial charge is 0.254 e. The van der Waals surface area contributed by atoms with Crippen LogP contribution < -0.4 is 16.0 Å². The topological polar surface area (TPSA) is 53.2 Å². The van der Waals surface area contributed by atoms with Crippen LogP contribution in [0.2, 0.25) is 10.0 Å². The lowest BCUT2D eigenvalue weighted by Gasteiger charge is -2.28. The molecule has 144 valence electrons. The van der Waals surface area contributed by atoms with Crippen LogP contribution in [-0.4, -0.2) is 21.0 Å². The lowest BCUT2D eigenvalue weighted by molar-refractivity contribution is 0.0934. The van der Waals surface area contributed by atoms with Crippen LogP contribution in [-0.2, 0) is 0 Å². The van der Waals surface area contributed by atoms with Crippen molar-refractivity contribution in [3.8, 4) is 0 Å². The lowest BCUT2D eigenvalue weighted by atomic mass is 10.2. The van der Waals surface area contributed by atoms with E-state index in [-0.39, 0.29) is 5.11 Å². The molecule has 0 aliphatic heterocycles. The van der Waals surface area contributed by atoms with Crippen LogP contribution in [0, 0.1) is 0 Å². The number of halogens is 6. The number of carbonyl (C=O) groups excluding carboxylic acids is 1. The number of benzene rings is 2. The van der Waals surface area contributed by atoms with E-state index in [9.17, 15) is 4.79 Å². The van der Waals surface area contributed by atoms with Crippen molar-refractivity contribution in [1.29, 1.82) is 0 Å². The highest BCUT2D eigenvalue weighted by Crippen LogP contribution is 2.30. The Kier molecular flexibility index (Phi) is 8.31. The number of carbonyl (C=O) groups is 1. The molecule has 0 bridgehead atoms. The van der Waals surface area contributed by atoms with E-state index in [1.807, 2.05) is 0 Å². The van der Waals surface area contributed by atoms with Crippen LogP contribution in [0.1, 0.15) is 10.4 Å². The number of rotatable bonds is 4. The predicted octanol–water partition coefficient (Wildman–Crippen LogP) is 6.17. The molecule has 0 radical (unpaired) electrons. The fraction of sp³-hybridized carbons (Fsp3) is 0.125. The maximum atomic E-state index is 12.5. The zero-order valence-electron chi connectivity index (χ0n) is 13.2. The third kappa shape index (κ3) is 6.82. The van der Waals surface area contributed by atoms with Crippen molar-refractivity contribution in [1.82, 2.24) is 10.6 Å². The van der Waals surface area contributed by atoms with E-state index in [1.165, 1.54) is 0 Å². The molecule has 1 atom stereocenters. The van der Waals surface area contributed by atoms with Crippen molar-refractivity contribution in [3.63, 3.8) is 0 Å². The molecule has 0 aliphatic rings. The molecule has 3 N–H and O–H groups in total. The summed E-state index contributed by atoms with van der Waals surface area (Å²) in [6.45, 7) is 0. The zero-order valence-corrected chi connectivity index (χ0v) is 19.4. The van der Waals surface area contributed by atoms with Crippen LogP contribution in [0.4, 0.5) is 5.69 Å². The number of nitrogens with one attached hydrogen (secondary N) is 3. The molecule has 0 saturated carbocycles. The molecule has 11 heteroatoms. The third-order valence-electron chi connectivity index (χ3n) is 3.17. The van der Waals surface area contributed by atoms with Crippen LogP contribution in [0.25, 0.3) is 0 Å². The summed E-state index contributed by atoms with van der Waals surface area (Å²) < 4.78 is -1.29. The molecule has 0 spiro atoms. The number of hydrogen-bond acceptors (Lipinski definition) is 2. The fourth-order valence-corrected chi connectivity index (χ4v) is 3.29. The van der Waals surface area contributed by atoms with Gasteiger partial charge < -0.3 is 16.0 Å². The van der Waals surface area contributed by atoms with Gasteiger partial charge in [-0.1, -0.05) is 70.1 Å². The second kappa shape index (κ2) is 9.83. The molecule has 4 nitrogen and oxygen atoms in total. The van der Waals surface area contributed by atoms with Gasteiger partial charge in [0.25, 0.3) is 5.91 Å². The van der Waals surface area contributed by atoms with E-state index in [4.69, 9.17) is 70.2 Å². The normalized spacial score (nSPS) is 12.2. The Hall–Kier alpha value is -0.470. The first-order chi connectivity index (χ1) is 12.6. The second-order valence-corrected chi connectivity index (χ2v) is 9.63. The van der Waals surface area contributed by atoms with Gasteiger partial charge in [0, 0.05) is 9.50 Å². The lowest BCUT2D eigenvalue weighted by Crippen LogP contribution is -2.56. The maximum Gasteiger partial charge on any atom is 0.254 e. The molecule has 27 heavy (non-hydrogen) atoms. The molecular weight excluding hydrogens is 539 g/mol. The average molecular weight is 551 g/mol. The van der Waals surface area contributed by atoms with Crippen molar-refractivity contribution in [3.05, 3.63) is 62.5 Å². The first kappa shape index (κ1) is 22.8. The van der Waals surface area contributed by atoms with Crippen molar-refractivity contribution in [2.45, 2.75) is 9.96 Å². The SMILES string of the molecule is O=C(N[C@@H](NC(=S)Nc1cc(Cl)ccc1Cl)C(Cl)(Cl)Cl)c1ccccc1Br. The molecule has 2 aromatic rings. The standard InChI is InChI=1S/C16H11BrCl5N3OS/c17-10-4-2-1-3-9(10)13(26)24-14(16(20,21)22)25-15(27)23-12-7-8(18)5-6-11(12)19/h1-7,14H,(H,24,26)(H2,23,25,27)/t14-/m0/s1. The van der Waals surface area contributed by atoms with Gasteiger partial charge in [0.15, 0.2) is 5.11 Å². The average Bonchev–Trinajstić information content (AvgIpc) is 2.57. The third-order valence-corrected chi connectivity index (χ3v) is 5.30. The first-order valence-electron chi connectivity index (χ1n) is 7.22. The molecule has 1 amide bonds. The quantitative estimate of drug-likeness (QED) is 0.242. The zero-order chi connectivity index (χ0) is 20.2. The minimum atomic E-state index is -1.89. The van der Waals surface area contributed by atoms with Crippen molar-refractivity contribution >= 4 is 103 Å². The highest BCUT2D eigenvalue weighted by Gasteiger charge is 2.35. The summed E-state index contributed by atoms with van der Waals surface area (Å²) in [6, 6.07) is 11.7. The number of amides is 1. The summed E-state index contributed by atoms with van der Waals surface area (Å²) in [7, 11) is 0. The van der Waals surface area contributed by atoms with Gasteiger partial charge in [-0.25, -0.2) is 0 Å². The summed E-state index contributed by atoms with van der Waals surface area (Å²) in [5.41, 5.74) is 0.831. The Labute approximate surface area is 195 Å². The molecule has 0 aliphatic carbocycles. The van der Waals surface area contributed by atoms with E-state index in [0.29, 0.717) is 25.8 Å². The Balaban J connectivity index is 2.12. The van der Waals surface area contributed by atoms with E-state index in [2.05, 4.69) is 31.9 Å². The summed E-state index contributed by atoms with van der Waals surface area (Å²) >= 11 is 38.5. The van der Waals surface area contributed by atoms with Gasteiger partial charge in [-0.15, -0.1) is 0 Å². The number of alkyl halides is 3. The van der Waals surface area contributed by atoms with Crippen LogP contribution in [0.3, 0.4) is 0 Å². The molecule has 0 heterocycles. The molecule has 0 unspecified atom stereocenters. The Bertz CT molecular complexity index is 862. The highest BCUT2D eigenvalue weighted by molar-refractivity contribution is 9.10. The number of anilines is 1. The van der Waals surface area contributed by atoms with Crippen molar-refractivity contribution < 1.29 is 4.79 Å². The summed E-state index contributed by atoms with van der Waals surface area (Å²) in [5, 5.41) is 9.12. The highest BCUT2D eigenvalue weighted by atomic mass is 79.9. The van der Waals surface area contributed by atoms with Crippen molar-refractivity contribution in [2.24, 2.45) is 0 Å². The Morgan fingerprint density at radius 2 is 1.74 bits per heavy atom. The van der Waals surface area contributed by atoms with Gasteiger partial charge in [-0.3, -0.25) is 4.79 Å². The van der Waals surface area contributed by atoms with Gasteiger partial charge in [0.05, 0.1) is 16.3 Å². The molecule has 2 rings (SSSR count). The predicted molar refractivity (Wildman–Crippen MR) is 122 cm³/mol. The number of thiocarbonyl (C=S) groups is 1. The van der Waals surface area contributed by atoms with E-state index in [0.717, 1.165) is 0 Å². The van der Waals surface area contributed by atoms with Crippen LogP contribution in [0.5, 0.6) is 0 Å². The van der Waals surface area contributed by atoms with Gasteiger partial charge in [0.2, 0.25) is 3.79 Å². The minimum Gasteiger partial charge on any atom is -0.339 e. The van der Waals surface area contributed by atoms with Gasteiger partial charge in [-0.05, 0) is 58.5 Å².